The van der Waals surface area contributed by atoms with Gasteiger partial charge in [0, 0.05) is 45.7 Å². The lowest BCUT2D eigenvalue weighted by atomic mass is 9.93. The van der Waals surface area contributed by atoms with Gasteiger partial charge in [0.05, 0.1) is 5.69 Å². The predicted molar refractivity (Wildman–Crippen MR) is 98.6 cm³/mol. The van der Waals surface area contributed by atoms with E-state index in [0.29, 0.717) is 12.3 Å². The summed E-state index contributed by atoms with van der Waals surface area (Å²) in [6.45, 7) is 6.72. The minimum atomic E-state index is 0.139. The van der Waals surface area contributed by atoms with Crippen LogP contribution < -0.4 is 10.6 Å². The first-order valence-corrected chi connectivity index (χ1v) is 9.13. The molecule has 2 heterocycles. The molecule has 0 saturated carbocycles. The second kappa shape index (κ2) is 9.44. The van der Waals surface area contributed by atoms with Crippen LogP contribution in [0.25, 0.3) is 0 Å². The van der Waals surface area contributed by atoms with Crippen LogP contribution in [0.3, 0.4) is 0 Å². The zero-order valence-electron chi connectivity index (χ0n) is 15.9. The van der Waals surface area contributed by atoms with Gasteiger partial charge in [0.2, 0.25) is 5.91 Å². The number of carbonyl (C=O) groups is 1. The molecule has 1 aromatic heterocycles. The number of amides is 1. The number of nitrogens with zero attached hydrogens (tertiary/aromatic N) is 3. The lowest BCUT2D eigenvalue weighted by Gasteiger charge is -2.34. The Morgan fingerprint density at radius 2 is 2.08 bits per heavy atom. The van der Waals surface area contributed by atoms with Crippen LogP contribution in [0.4, 0.5) is 0 Å². The molecule has 0 bridgehead atoms. The van der Waals surface area contributed by atoms with Crippen LogP contribution >= 0.6 is 0 Å². The summed E-state index contributed by atoms with van der Waals surface area (Å²) in [7, 11) is 3.53. The summed E-state index contributed by atoms with van der Waals surface area (Å²) in [4.78, 5) is 18.2. The molecule has 7 nitrogen and oxygen atoms in total. The molecule has 25 heavy (non-hydrogen) atoms. The van der Waals surface area contributed by atoms with E-state index in [1.807, 2.05) is 20.9 Å². The maximum Gasteiger partial charge on any atom is 0.220 e. The Hall–Kier alpha value is -2.05. The number of likely N-dealkylation sites (tertiary alicyclic amines) is 1. The minimum absolute atomic E-state index is 0.139. The lowest BCUT2D eigenvalue weighted by Crippen LogP contribution is -2.46. The van der Waals surface area contributed by atoms with Gasteiger partial charge in [-0.05, 0) is 45.4 Å². The van der Waals surface area contributed by atoms with E-state index in [1.54, 1.807) is 7.05 Å². The third-order valence-corrected chi connectivity index (χ3v) is 4.95. The molecule has 1 fully saturated rings. The second-order valence-corrected chi connectivity index (χ2v) is 6.69. The summed E-state index contributed by atoms with van der Waals surface area (Å²) in [6.07, 6.45) is 4.67. The van der Waals surface area contributed by atoms with Crippen molar-refractivity contribution in [3.63, 3.8) is 0 Å². The Morgan fingerprint density at radius 3 is 2.64 bits per heavy atom. The molecule has 0 aromatic carbocycles. The number of aryl methyl sites for hydroxylation is 2. The number of aliphatic imine (C=N–C) groups is 1. The van der Waals surface area contributed by atoms with E-state index >= 15 is 0 Å². The van der Waals surface area contributed by atoms with Gasteiger partial charge in [-0.2, -0.15) is 0 Å². The summed E-state index contributed by atoms with van der Waals surface area (Å²) < 4.78 is 5.20. The molecule has 2 N–H and O–H groups in total. The number of carbonyl (C=O) groups excluding carboxylic acids is 1. The third kappa shape index (κ3) is 5.47. The zero-order chi connectivity index (χ0) is 18.2. The highest BCUT2D eigenvalue weighted by molar-refractivity contribution is 5.80. The number of nitrogens with one attached hydrogen (secondary N) is 2. The maximum absolute atomic E-state index is 11.5. The predicted octanol–water partition coefficient (Wildman–Crippen LogP) is 1.65. The summed E-state index contributed by atoms with van der Waals surface area (Å²) in [5.41, 5.74) is 2.20. The van der Waals surface area contributed by atoms with Gasteiger partial charge in [0.25, 0.3) is 0 Å². The van der Waals surface area contributed by atoms with Crippen LogP contribution in [-0.2, 0) is 11.2 Å². The molecule has 1 amide bonds. The van der Waals surface area contributed by atoms with E-state index in [4.69, 9.17) is 4.52 Å². The van der Waals surface area contributed by atoms with Crippen molar-refractivity contribution in [3.8, 4) is 0 Å². The maximum atomic E-state index is 11.5. The van der Waals surface area contributed by atoms with Crippen LogP contribution in [0.5, 0.6) is 0 Å². The standard InChI is InChI=1S/C18H31N5O2/c1-13-16(14(2)25-22-13)6-5-9-21-18(20-4)23-10-7-15(8-11-23)12-17(24)19-3/h15H,5-12H2,1-4H3,(H,19,24)(H,20,21). The fourth-order valence-electron chi connectivity index (χ4n) is 3.37. The second-order valence-electron chi connectivity index (χ2n) is 6.69. The summed E-state index contributed by atoms with van der Waals surface area (Å²) in [5.74, 6) is 2.49. The highest BCUT2D eigenvalue weighted by Gasteiger charge is 2.22. The van der Waals surface area contributed by atoms with E-state index in [-0.39, 0.29) is 5.91 Å². The Balaban J connectivity index is 1.71. The Kier molecular flexibility index (Phi) is 7.28. The highest BCUT2D eigenvalue weighted by Crippen LogP contribution is 2.20. The molecule has 0 atom stereocenters. The molecular formula is C18H31N5O2. The molecule has 7 heteroatoms. The van der Waals surface area contributed by atoms with Crippen LogP contribution in [0, 0.1) is 19.8 Å². The first-order chi connectivity index (χ1) is 12.0. The number of aromatic nitrogens is 1. The van der Waals surface area contributed by atoms with Gasteiger partial charge in [-0.25, -0.2) is 0 Å². The van der Waals surface area contributed by atoms with Crippen molar-refractivity contribution in [2.24, 2.45) is 10.9 Å². The first kappa shape index (κ1) is 19.3. The number of piperidine rings is 1. The quantitative estimate of drug-likeness (QED) is 0.463. The third-order valence-electron chi connectivity index (χ3n) is 4.95. The first-order valence-electron chi connectivity index (χ1n) is 9.13. The van der Waals surface area contributed by atoms with E-state index in [0.717, 1.165) is 62.7 Å². The zero-order valence-corrected chi connectivity index (χ0v) is 15.9. The molecule has 0 spiro atoms. The number of hydrogen-bond donors (Lipinski definition) is 2. The van der Waals surface area contributed by atoms with Crippen molar-refractivity contribution >= 4 is 11.9 Å². The van der Waals surface area contributed by atoms with Crippen LogP contribution in [0.2, 0.25) is 0 Å². The van der Waals surface area contributed by atoms with Gasteiger partial charge in [0.15, 0.2) is 5.96 Å². The van der Waals surface area contributed by atoms with E-state index in [2.05, 4.69) is 25.7 Å². The molecule has 1 aliphatic rings. The minimum Gasteiger partial charge on any atom is -0.361 e. The lowest BCUT2D eigenvalue weighted by molar-refractivity contribution is -0.121. The number of guanidine groups is 1. The summed E-state index contributed by atoms with van der Waals surface area (Å²) in [5, 5.41) is 10.2. The summed E-state index contributed by atoms with van der Waals surface area (Å²) >= 11 is 0. The van der Waals surface area contributed by atoms with Crippen molar-refractivity contribution < 1.29 is 9.32 Å². The smallest absolute Gasteiger partial charge is 0.220 e. The molecule has 0 aliphatic carbocycles. The molecule has 1 aliphatic heterocycles. The van der Waals surface area contributed by atoms with Crippen LogP contribution in [0.1, 0.15) is 42.7 Å². The fraction of sp³-hybridized carbons (Fsp3) is 0.722. The van der Waals surface area contributed by atoms with Crippen LogP contribution in [0.15, 0.2) is 9.52 Å². The largest absolute Gasteiger partial charge is 0.361 e. The van der Waals surface area contributed by atoms with Gasteiger partial charge >= 0.3 is 0 Å². The molecule has 0 radical (unpaired) electrons. The molecule has 1 aromatic rings. The molecule has 140 valence electrons. The average Bonchev–Trinajstić information content (AvgIpc) is 2.94. The highest BCUT2D eigenvalue weighted by atomic mass is 16.5. The van der Waals surface area contributed by atoms with Gasteiger partial charge in [-0.1, -0.05) is 5.16 Å². The Labute approximate surface area is 150 Å². The molecule has 2 rings (SSSR count). The van der Waals surface area contributed by atoms with Crippen molar-refractivity contribution in [1.82, 2.24) is 20.7 Å². The number of rotatable bonds is 6. The Bertz CT molecular complexity index is 569. The molecule has 0 unspecified atom stereocenters. The SMILES string of the molecule is CN=C(NCCCc1c(C)noc1C)N1CCC(CC(=O)NC)CC1. The average molecular weight is 349 g/mol. The fourth-order valence-corrected chi connectivity index (χ4v) is 3.37. The number of hydrogen-bond acceptors (Lipinski definition) is 4. The topological polar surface area (TPSA) is 82.8 Å². The monoisotopic (exact) mass is 349 g/mol. The Morgan fingerprint density at radius 1 is 1.36 bits per heavy atom. The van der Waals surface area contributed by atoms with Crippen molar-refractivity contribution in [3.05, 3.63) is 17.0 Å². The molecule has 1 saturated heterocycles. The molecular weight excluding hydrogens is 318 g/mol. The summed E-state index contributed by atoms with van der Waals surface area (Å²) in [6, 6.07) is 0. The van der Waals surface area contributed by atoms with Crippen molar-refractivity contribution in [1.29, 1.82) is 0 Å². The van der Waals surface area contributed by atoms with Crippen LogP contribution in [-0.4, -0.2) is 55.7 Å². The van der Waals surface area contributed by atoms with Crippen molar-refractivity contribution in [2.75, 3.05) is 33.7 Å². The normalized spacial score (nSPS) is 16.2. The van der Waals surface area contributed by atoms with E-state index < -0.39 is 0 Å². The van der Waals surface area contributed by atoms with Crippen molar-refractivity contribution in [2.45, 2.75) is 46.0 Å². The van der Waals surface area contributed by atoms with E-state index in [1.165, 1.54) is 5.56 Å². The van der Waals surface area contributed by atoms with Gasteiger partial charge < -0.3 is 20.1 Å². The van der Waals surface area contributed by atoms with Gasteiger partial charge in [-0.3, -0.25) is 9.79 Å². The van der Waals surface area contributed by atoms with Gasteiger partial charge in [0.1, 0.15) is 5.76 Å². The van der Waals surface area contributed by atoms with Gasteiger partial charge in [-0.15, -0.1) is 0 Å². The van der Waals surface area contributed by atoms with E-state index in [9.17, 15) is 4.79 Å².